The van der Waals surface area contributed by atoms with Crippen LogP contribution in [0.5, 0.6) is 0 Å². The molecule has 0 aliphatic heterocycles. The van der Waals surface area contributed by atoms with E-state index in [4.69, 9.17) is 0 Å². The highest BCUT2D eigenvalue weighted by Crippen LogP contribution is 2.24. The van der Waals surface area contributed by atoms with Gasteiger partial charge in [-0.3, -0.25) is 0 Å². The van der Waals surface area contributed by atoms with Crippen molar-refractivity contribution in [3.8, 4) is 0 Å². The van der Waals surface area contributed by atoms with Gasteiger partial charge in [0.1, 0.15) is 5.82 Å². The van der Waals surface area contributed by atoms with E-state index in [-0.39, 0.29) is 0 Å². The predicted molar refractivity (Wildman–Crippen MR) is 89.4 cm³/mol. The van der Waals surface area contributed by atoms with Gasteiger partial charge in [0.2, 0.25) is 5.95 Å². The van der Waals surface area contributed by atoms with Crippen LogP contribution in [-0.2, 0) is 6.42 Å². The Morgan fingerprint density at radius 2 is 1.90 bits per heavy atom. The fraction of sp³-hybridized carbons (Fsp3) is 0.412. The molecule has 0 fully saturated rings. The van der Waals surface area contributed by atoms with E-state index in [1.54, 1.807) is 0 Å². The lowest BCUT2D eigenvalue weighted by atomic mass is 10.1. The van der Waals surface area contributed by atoms with Crippen molar-refractivity contribution in [2.24, 2.45) is 0 Å². The number of rotatable bonds is 5. The smallest absolute Gasteiger partial charge is 0.229 e. The maximum atomic E-state index is 4.55. The minimum Gasteiger partial charge on any atom is -0.368 e. The fourth-order valence-electron chi connectivity index (χ4n) is 2.31. The second-order valence-corrected chi connectivity index (χ2v) is 5.60. The second kappa shape index (κ2) is 6.57. The van der Waals surface area contributed by atoms with Crippen molar-refractivity contribution in [2.45, 2.75) is 47.1 Å². The third-order valence-corrected chi connectivity index (χ3v) is 3.27. The number of hydrogen-bond acceptors (Lipinski definition) is 4. The normalized spacial score (nSPS) is 10.8. The summed E-state index contributed by atoms with van der Waals surface area (Å²) < 4.78 is 0. The number of nitrogens with zero attached hydrogens (tertiary/aromatic N) is 2. The van der Waals surface area contributed by atoms with Gasteiger partial charge in [0.05, 0.1) is 0 Å². The molecule has 0 aliphatic rings. The van der Waals surface area contributed by atoms with Gasteiger partial charge in [0.25, 0.3) is 0 Å². The van der Waals surface area contributed by atoms with E-state index in [0.717, 1.165) is 23.6 Å². The topological polar surface area (TPSA) is 49.8 Å². The second-order valence-electron chi connectivity index (χ2n) is 5.60. The van der Waals surface area contributed by atoms with Crippen LogP contribution in [0.4, 0.5) is 17.5 Å². The molecule has 2 rings (SSSR count). The van der Waals surface area contributed by atoms with Gasteiger partial charge in [0, 0.05) is 23.5 Å². The summed E-state index contributed by atoms with van der Waals surface area (Å²) in [6.45, 7) is 10.4. The summed E-state index contributed by atoms with van der Waals surface area (Å²) >= 11 is 0. The number of anilines is 3. The molecule has 0 saturated heterocycles. The molecule has 4 nitrogen and oxygen atoms in total. The van der Waals surface area contributed by atoms with Gasteiger partial charge < -0.3 is 10.6 Å². The van der Waals surface area contributed by atoms with E-state index < -0.39 is 0 Å². The van der Waals surface area contributed by atoms with Crippen molar-refractivity contribution >= 4 is 17.5 Å². The minimum absolute atomic E-state index is 0.344. The van der Waals surface area contributed by atoms with Crippen LogP contribution in [0.25, 0.3) is 0 Å². The summed E-state index contributed by atoms with van der Waals surface area (Å²) in [7, 11) is 0. The Kier molecular flexibility index (Phi) is 4.78. The molecule has 0 atom stereocenters. The first kappa shape index (κ1) is 15.3. The van der Waals surface area contributed by atoms with E-state index in [2.05, 4.69) is 66.5 Å². The number of benzene rings is 1. The van der Waals surface area contributed by atoms with Crippen molar-refractivity contribution in [3.05, 3.63) is 41.1 Å². The fourth-order valence-corrected chi connectivity index (χ4v) is 2.31. The van der Waals surface area contributed by atoms with E-state index in [1.807, 2.05) is 13.0 Å². The van der Waals surface area contributed by atoms with Gasteiger partial charge in [-0.2, -0.15) is 4.98 Å². The van der Waals surface area contributed by atoms with Crippen LogP contribution in [0, 0.1) is 13.8 Å². The van der Waals surface area contributed by atoms with Crippen molar-refractivity contribution in [1.29, 1.82) is 0 Å². The number of nitrogens with one attached hydrogen (secondary N) is 2. The highest BCUT2D eigenvalue weighted by molar-refractivity contribution is 5.64. The number of hydrogen-bond donors (Lipinski definition) is 2. The molecule has 0 unspecified atom stereocenters. The average molecular weight is 284 g/mol. The highest BCUT2D eigenvalue weighted by Gasteiger charge is 2.08. The predicted octanol–water partition coefficient (Wildman–Crippen LogP) is 4.22. The molecule has 1 aromatic carbocycles. The lowest BCUT2D eigenvalue weighted by Gasteiger charge is -2.15. The summed E-state index contributed by atoms with van der Waals surface area (Å²) in [5.41, 5.74) is 4.54. The third-order valence-electron chi connectivity index (χ3n) is 3.27. The number of aryl methyl sites for hydroxylation is 3. The molecule has 0 radical (unpaired) electrons. The molecule has 4 heteroatoms. The molecular weight excluding hydrogens is 260 g/mol. The Balaban J connectivity index is 2.33. The van der Waals surface area contributed by atoms with Crippen LogP contribution < -0.4 is 10.6 Å². The summed E-state index contributed by atoms with van der Waals surface area (Å²) in [5, 5.41) is 6.71. The first-order chi connectivity index (χ1) is 9.99. The lowest BCUT2D eigenvalue weighted by Crippen LogP contribution is -2.12. The molecule has 2 N–H and O–H groups in total. The van der Waals surface area contributed by atoms with E-state index >= 15 is 0 Å². The molecule has 2 aromatic rings. The van der Waals surface area contributed by atoms with Crippen molar-refractivity contribution < 1.29 is 0 Å². The molecule has 0 bridgehead atoms. The number of para-hydroxylation sites is 1. The van der Waals surface area contributed by atoms with Crippen molar-refractivity contribution in [1.82, 2.24) is 9.97 Å². The molecule has 0 saturated carbocycles. The lowest BCUT2D eigenvalue weighted by molar-refractivity contribution is 0.885. The highest BCUT2D eigenvalue weighted by atomic mass is 15.1. The van der Waals surface area contributed by atoms with E-state index in [1.165, 1.54) is 11.1 Å². The Morgan fingerprint density at radius 3 is 2.57 bits per heavy atom. The first-order valence-corrected chi connectivity index (χ1v) is 7.47. The molecule has 112 valence electrons. The largest absolute Gasteiger partial charge is 0.368 e. The van der Waals surface area contributed by atoms with Crippen LogP contribution in [-0.4, -0.2) is 16.0 Å². The van der Waals surface area contributed by atoms with Gasteiger partial charge in [-0.15, -0.1) is 0 Å². The quantitative estimate of drug-likeness (QED) is 0.863. The molecule has 0 spiro atoms. The maximum absolute atomic E-state index is 4.55. The minimum atomic E-state index is 0.344. The summed E-state index contributed by atoms with van der Waals surface area (Å²) in [6, 6.07) is 8.63. The van der Waals surface area contributed by atoms with Crippen molar-refractivity contribution in [3.63, 3.8) is 0 Å². The Labute approximate surface area is 127 Å². The Morgan fingerprint density at radius 1 is 1.14 bits per heavy atom. The van der Waals surface area contributed by atoms with Crippen molar-refractivity contribution in [2.75, 3.05) is 10.6 Å². The monoisotopic (exact) mass is 284 g/mol. The van der Waals surface area contributed by atoms with Gasteiger partial charge in [-0.25, -0.2) is 4.98 Å². The summed E-state index contributed by atoms with van der Waals surface area (Å²) in [6.07, 6.45) is 0.979. The first-order valence-electron chi connectivity index (χ1n) is 7.47. The van der Waals surface area contributed by atoms with Crippen LogP contribution in [0.3, 0.4) is 0 Å². The average Bonchev–Trinajstić information content (AvgIpc) is 2.39. The SMILES string of the molecule is CCc1cccc(C)c1Nc1nc(C)cc(NC(C)C)n1. The Bertz CT molecular complexity index is 620. The van der Waals surface area contributed by atoms with Gasteiger partial charge in [-0.05, 0) is 45.2 Å². The molecule has 0 amide bonds. The third kappa shape index (κ3) is 3.94. The van der Waals surface area contributed by atoms with Gasteiger partial charge in [-0.1, -0.05) is 25.1 Å². The zero-order chi connectivity index (χ0) is 15.4. The van der Waals surface area contributed by atoms with Crippen LogP contribution in [0.2, 0.25) is 0 Å². The summed E-state index contributed by atoms with van der Waals surface area (Å²) in [4.78, 5) is 9.04. The van der Waals surface area contributed by atoms with Gasteiger partial charge in [0.15, 0.2) is 0 Å². The van der Waals surface area contributed by atoms with Crippen LogP contribution >= 0.6 is 0 Å². The molecule has 1 heterocycles. The van der Waals surface area contributed by atoms with E-state index in [9.17, 15) is 0 Å². The molecule has 21 heavy (non-hydrogen) atoms. The van der Waals surface area contributed by atoms with E-state index in [0.29, 0.717) is 12.0 Å². The van der Waals surface area contributed by atoms with Crippen LogP contribution in [0.15, 0.2) is 24.3 Å². The zero-order valence-corrected chi connectivity index (χ0v) is 13.5. The Hall–Kier alpha value is -2.10. The molecule has 0 aliphatic carbocycles. The van der Waals surface area contributed by atoms with Crippen LogP contribution in [0.1, 0.15) is 37.6 Å². The standard InChI is InChI=1S/C17H24N4/c1-6-14-9-7-8-12(4)16(14)21-17-19-13(5)10-15(20-17)18-11(2)3/h7-11H,6H2,1-5H3,(H2,18,19,20,21). The molecular formula is C17H24N4. The maximum Gasteiger partial charge on any atom is 0.229 e. The number of aromatic nitrogens is 2. The zero-order valence-electron chi connectivity index (χ0n) is 13.5. The summed E-state index contributed by atoms with van der Waals surface area (Å²) in [5.74, 6) is 1.49. The van der Waals surface area contributed by atoms with Gasteiger partial charge >= 0.3 is 0 Å². The molecule has 1 aromatic heterocycles.